The Morgan fingerprint density at radius 3 is 0.991 bits per heavy atom. The number of nitrogens with zero attached hydrogens (tertiary/aromatic N) is 8. The van der Waals surface area contributed by atoms with Crippen LogP contribution in [0.25, 0.3) is 200 Å². The smallest absolute Gasteiger partial charge is 0.164 e. The zero-order valence-electron chi connectivity index (χ0n) is 58.5. The number of fused-ring (bicyclic) bond motifs is 10. The van der Waals surface area contributed by atoms with Crippen molar-refractivity contribution in [3.63, 3.8) is 0 Å². The minimum atomic E-state index is 0.623. The van der Waals surface area contributed by atoms with Gasteiger partial charge in [0, 0.05) is 66.1 Å². The molecule has 0 atom stereocenters. The second kappa shape index (κ2) is 28.2. The molecule has 4 heterocycles. The molecular weight excluding hydrogens is 1310 g/mol. The van der Waals surface area contributed by atoms with Crippen LogP contribution in [-0.4, -0.2) is 39.9 Å². The molecule has 0 amide bonds. The monoisotopic (exact) mass is 1380 g/mol. The zero-order valence-corrected chi connectivity index (χ0v) is 58.5. The Morgan fingerprint density at radius 2 is 0.472 bits per heavy atom. The fourth-order valence-electron chi connectivity index (χ4n) is 14.7. The predicted octanol–water partition coefficient (Wildman–Crippen LogP) is 25.5. The molecule has 4 aromatic heterocycles. The van der Waals surface area contributed by atoms with E-state index in [0.29, 0.717) is 34.9 Å². The molecule has 0 radical (unpaired) electrons. The maximum Gasteiger partial charge on any atom is 0.164 e. The first-order valence-corrected chi connectivity index (χ1v) is 36.3. The van der Waals surface area contributed by atoms with Crippen molar-refractivity contribution < 1.29 is 0 Å². The lowest BCUT2D eigenvalue weighted by Crippen LogP contribution is -2.00. The number of pyridine rings is 2. The second-order valence-corrected chi connectivity index (χ2v) is 27.0. The lowest BCUT2D eigenvalue weighted by atomic mass is 9.93. The first kappa shape index (κ1) is 64.3. The van der Waals surface area contributed by atoms with E-state index in [1.807, 2.05) is 72.8 Å². The Kier molecular flexibility index (Phi) is 16.8. The van der Waals surface area contributed by atoms with Gasteiger partial charge in [0.15, 0.2) is 34.9 Å². The van der Waals surface area contributed by atoms with Crippen LogP contribution in [0.1, 0.15) is 0 Å². The van der Waals surface area contributed by atoms with Crippen LogP contribution in [0.2, 0.25) is 0 Å². The minimum Gasteiger partial charge on any atom is -0.247 e. The van der Waals surface area contributed by atoms with E-state index in [9.17, 15) is 0 Å². The van der Waals surface area contributed by atoms with Gasteiger partial charge in [-0.25, -0.2) is 39.9 Å². The van der Waals surface area contributed by atoms with Gasteiger partial charge < -0.3 is 0 Å². The highest BCUT2D eigenvalue weighted by Crippen LogP contribution is 2.41. The summed E-state index contributed by atoms with van der Waals surface area (Å²) in [5.41, 5.74) is 20.6. The summed E-state index contributed by atoms with van der Waals surface area (Å²) in [5.74, 6) is 3.79. The lowest BCUT2D eigenvalue weighted by Gasteiger charge is -2.14. The van der Waals surface area contributed by atoms with E-state index >= 15 is 0 Å². The third-order valence-corrected chi connectivity index (χ3v) is 20.2. The molecular formula is C100H64N8. The first-order valence-electron chi connectivity index (χ1n) is 36.3. The molecule has 504 valence electrons. The quantitative estimate of drug-likeness (QED) is 0.111. The molecule has 0 unspecified atom stereocenters. The van der Waals surface area contributed by atoms with Gasteiger partial charge >= 0.3 is 0 Å². The van der Waals surface area contributed by atoms with Crippen molar-refractivity contribution >= 4 is 64.9 Å². The summed E-state index contributed by atoms with van der Waals surface area (Å²) in [6.07, 6.45) is 0. The van der Waals surface area contributed by atoms with Crippen LogP contribution >= 0.6 is 0 Å². The van der Waals surface area contributed by atoms with Crippen molar-refractivity contribution in [2.24, 2.45) is 0 Å². The molecule has 108 heavy (non-hydrogen) atoms. The topological polar surface area (TPSA) is 103 Å². The Hall–Kier alpha value is -14.6. The highest BCUT2D eigenvalue weighted by molar-refractivity contribution is 6.21. The summed E-state index contributed by atoms with van der Waals surface area (Å²) in [7, 11) is 0. The highest BCUT2D eigenvalue weighted by atomic mass is 15.0. The van der Waals surface area contributed by atoms with E-state index in [1.165, 1.54) is 48.8 Å². The van der Waals surface area contributed by atoms with Gasteiger partial charge in [0.25, 0.3) is 0 Å². The van der Waals surface area contributed by atoms with Crippen molar-refractivity contribution in [3.8, 4) is 135 Å². The van der Waals surface area contributed by atoms with Gasteiger partial charge in [-0.3, -0.25) is 0 Å². The fourth-order valence-corrected chi connectivity index (χ4v) is 14.7. The van der Waals surface area contributed by atoms with Crippen LogP contribution < -0.4 is 0 Å². The van der Waals surface area contributed by atoms with Crippen molar-refractivity contribution in [1.82, 2.24) is 39.9 Å². The molecule has 0 bridgehead atoms. The molecule has 0 aliphatic heterocycles. The lowest BCUT2D eigenvalue weighted by molar-refractivity contribution is 1.07. The van der Waals surface area contributed by atoms with Gasteiger partial charge in [-0.1, -0.05) is 352 Å². The summed E-state index contributed by atoms with van der Waals surface area (Å²) in [4.78, 5) is 40.6. The van der Waals surface area contributed by atoms with E-state index in [0.717, 1.165) is 116 Å². The summed E-state index contributed by atoms with van der Waals surface area (Å²) in [6.45, 7) is 0. The number of hydrogen-bond donors (Lipinski definition) is 0. The van der Waals surface area contributed by atoms with Crippen LogP contribution in [0, 0.1) is 0 Å². The van der Waals surface area contributed by atoms with Crippen molar-refractivity contribution in [2.75, 3.05) is 0 Å². The predicted molar refractivity (Wildman–Crippen MR) is 446 cm³/mol. The van der Waals surface area contributed by atoms with Crippen LogP contribution in [0.5, 0.6) is 0 Å². The van der Waals surface area contributed by atoms with Gasteiger partial charge in [-0.05, 0) is 113 Å². The maximum atomic E-state index is 5.30. The van der Waals surface area contributed by atoms with Crippen LogP contribution in [0.3, 0.4) is 0 Å². The average Bonchev–Trinajstić information content (AvgIpc) is 0.741. The van der Waals surface area contributed by atoms with Gasteiger partial charge in [0.1, 0.15) is 0 Å². The van der Waals surface area contributed by atoms with Gasteiger partial charge in [-0.2, -0.15) is 0 Å². The molecule has 8 heteroatoms. The number of rotatable bonds is 12. The SMILES string of the molecule is c1ccc(-c2ccc(-c3nc(-c4ccccc4)nc(-c4cccc(-c5cccc(-c6ccc7ccc8c9ccccc9ccc8c7n6)c5)c4)n3)cc2)cc1.c1ccc(-c2ccc(-c3nc(-c4ccccc4)nc(-c4cccc(-c5cccc(-c6nc7ccccc7c7ccc8ccccc8c67)c5)c4)n3)cc2)cc1. The average molecular weight is 1380 g/mol. The largest absolute Gasteiger partial charge is 0.247 e. The van der Waals surface area contributed by atoms with Crippen molar-refractivity contribution in [3.05, 3.63) is 388 Å². The van der Waals surface area contributed by atoms with Crippen LogP contribution in [-0.2, 0) is 0 Å². The number of aromatic nitrogens is 8. The van der Waals surface area contributed by atoms with E-state index in [-0.39, 0.29) is 0 Å². The maximum absolute atomic E-state index is 5.30. The molecule has 20 rings (SSSR count). The summed E-state index contributed by atoms with van der Waals surface area (Å²) in [6, 6.07) is 135. The zero-order chi connectivity index (χ0) is 71.7. The Labute approximate surface area is 624 Å². The number of para-hydroxylation sites is 1. The normalized spacial score (nSPS) is 11.3. The van der Waals surface area contributed by atoms with Crippen molar-refractivity contribution in [2.45, 2.75) is 0 Å². The summed E-state index contributed by atoms with van der Waals surface area (Å²) < 4.78 is 0. The van der Waals surface area contributed by atoms with E-state index in [4.69, 9.17) is 39.9 Å². The third-order valence-electron chi connectivity index (χ3n) is 20.2. The summed E-state index contributed by atoms with van der Waals surface area (Å²) in [5, 5.41) is 11.9. The molecule has 8 nitrogen and oxygen atoms in total. The molecule has 0 N–H and O–H groups in total. The molecule has 0 spiro atoms. The highest BCUT2D eigenvalue weighted by Gasteiger charge is 2.19. The molecule has 20 aromatic rings. The third kappa shape index (κ3) is 12.7. The van der Waals surface area contributed by atoms with E-state index < -0.39 is 0 Å². The van der Waals surface area contributed by atoms with E-state index in [1.54, 1.807) is 0 Å². The molecule has 16 aromatic carbocycles. The Morgan fingerprint density at radius 1 is 0.148 bits per heavy atom. The first-order chi connectivity index (χ1) is 53.5. The van der Waals surface area contributed by atoms with Crippen LogP contribution in [0.15, 0.2) is 388 Å². The molecule has 0 aliphatic rings. The molecule has 0 aliphatic carbocycles. The molecule has 0 saturated heterocycles. The van der Waals surface area contributed by atoms with E-state index in [2.05, 4.69) is 315 Å². The second-order valence-electron chi connectivity index (χ2n) is 27.0. The van der Waals surface area contributed by atoms with Gasteiger partial charge in [0.05, 0.1) is 22.4 Å². The summed E-state index contributed by atoms with van der Waals surface area (Å²) >= 11 is 0. The number of benzene rings is 16. The Balaban J connectivity index is 0.000000147. The standard InChI is InChI=1S/2C50H32N4/c1-3-11-33(12-4-1)34-21-23-38(24-22-34)49-52-48(37-14-5-2-6-15-37)53-50(54-49)42-19-10-17-40(32-42)39-16-9-18-41(31-39)46-30-27-36-26-28-44-43-20-8-7-13-35(43)25-29-45(44)47(36)51-46;1-3-13-33(14-4-1)34-25-27-37(28-26-34)49-52-48(36-16-5-2-6-17-36)53-50(54-49)41-21-12-19-39(32-41)38-18-11-20-40(31-38)47-46-42-22-8-7-15-35(42)29-30-44(46)43-23-9-10-24-45(43)51-47/h2*1-32H. The minimum absolute atomic E-state index is 0.623. The Bertz CT molecular complexity index is 6770. The fraction of sp³-hybridized carbons (Fsp3) is 0. The van der Waals surface area contributed by atoms with Gasteiger partial charge in [-0.15, -0.1) is 0 Å². The molecule has 0 fully saturated rings. The van der Waals surface area contributed by atoms with Crippen molar-refractivity contribution in [1.29, 1.82) is 0 Å². The van der Waals surface area contributed by atoms with Crippen LogP contribution in [0.4, 0.5) is 0 Å². The number of hydrogen-bond acceptors (Lipinski definition) is 8. The van der Waals surface area contributed by atoms with Gasteiger partial charge in [0.2, 0.25) is 0 Å². The molecule has 0 saturated carbocycles.